The van der Waals surface area contributed by atoms with E-state index in [0.717, 1.165) is 40.8 Å². The lowest BCUT2D eigenvalue weighted by molar-refractivity contribution is -0.131. The number of amides is 1. The van der Waals surface area contributed by atoms with Crippen molar-refractivity contribution in [3.8, 4) is 0 Å². The summed E-state index contributed by atoms with van der Waals surface area (Å²) in [6.07, 6.45) is 1.27. The summed E-state index contributed by atoms with van der Waals surface area (Å²) in [5, 5.41) is 1.12. The first-order valence-electron chi connectivity index (χ1n) is 11.3. The summed E-state index contributed by atoms with van der Waals surface area (Å²) in [6.45, 7) is 6.25. The average Bonchev–Trinajstić information content (AvgIpc) is 2.75. The van der Waals surface area contributed by atoms with Gasteiger partial charge in [0.25, 0.3) is 0 Å². The summed E-state index contributed by atoms with van der Waals surface area (Å²) in [7, 11) is 8.11. The van der Waals surface area contributed by atoms with Crippen LogP contribution in [0.2, 0.25) is 0 Å². The molecule has 0 saturated carbocycles. The zero-order valence-corrected chi connectivity index (χ0v) is 20.4. The van der Waals surface area contributed by atoms with Crippen molar-refractivity contribution in [3.05, 3.63) is 70.8 Å². The van der Waals surface area contributed by atoms with Gasteiger partial charge in [0.2, 0.25) is 5.91 Å². The highest BCUT2D eigenvalue weighted by atomic mass is 16.2. The average molecular weight is 433 g/mol. The lowest BCUT2D eigenvalue weighted by atomic mass is 10.1. The molecule has 0 aliphatic carbocycles. The van der Waals surface area contributed by atoms with Crippen LogP contribution in [0.25, 0.3) is 10.9 Å². The van der Waals surface area contributed by atoms with Gasteiger partial charge in [-0.2, -0.15) is 0 Å². The Morgan fingerprint density at radius 1 is 0.938 bits per heavy atom. The van der Waals surface area contributed by atoms with E-state index in [-0.39, 0.29) is 5.91 Å². The molecule has 32 heavy (non-hydrogen) atoms. The van der Waals surface area contributed by atoms with Crippen LogP contribution < -0.4 is 4.90 Å². The summed E-state index contributed by atoms with van der Waals surface area (Å²) < 4.78 is 0. The highest BCUT2D eigenvalue weighted by Gasteiger charge is 2.18. The fourth-order valence-corrected chi connectivity index (χ4v) is 3.87. The maximum Gasteiger partial charge on any atom is 0.223 e. The summed E-state index contributed by atoms with van der Waals surface area (Å²) in [6, 6.07) is 16.9. The number of benzene rings is 2. The monoisotopic (exact) mass is 432 g/mol. The molecule has 1 aromatic heterocycles. The van der Waals surface area contributed by atoms with Crippen LogP contribution in [-0.4, -0.2) is 62.0 Å². The minimum absolute atomic E-state index is 0.182. The van der Waals surface area contributed by atoms with Crippen molar-refractivity contribution in [2.75, 3.05) is 46.2 Å². The van der Waals surface area contributed by atoms with E-state index in [2.05, 4.69) is 67.3 Å². The standard InChI is InChI=1S/C27H36N4O/c1-20-10-12-22(13-11-20)14-15-25(32)31(17-16-29(3)4)19-24-18-23-9-7-8-21(2)26(23)28-27(24)30(5)6/h7-13,18H,14-17,19H2,1-6H3. The number of fused-ring (bicyclic) bond motifs is 1. The van der Waals surface area contributed by atoms with Crippen LogP contribution in [0.1, 0.15) is 28.7 Å². The Kier molecular flexibility index (Phi) is 7.86. The van der Waals surface area contributed by atoms with Crippen molar-refractivity contribution in [1.82, 2.24) is 14.8 Å². The number of anilines is 1. The SMILES string of the molecule is Cc1ccc(CCC(=O)N(CCN(C)C)Cc2cc3cccc(C)c3nc2N(C)C)cc1. The molecule has 1 amide bonds. The molecule has 170 valence electrons. The zero-order chi connectivity index (χ0) is 23.3. The summed E-state index contributed by atoms with van der Waals surface area (Å²) in [4.78, 5) is 24.4. The van der Waals surface area contributed by atoms with E-state index >= 15 is 0 Å². The molecule has 3 rings (SSSR count). The van der Waals surface area contributed by atoms with Crippen molar-refractivity contribution in [1.29, 1.82) is 0 Å². The van der Waals surface area contributed by atoms with Crippen molar-refractivity contribution >= 4 is 22.6 Å². The number of aromatic nitrogens is 1. The number of aryl methyl sites for hydroxylation is 3. The molecular weight excluding hydrogens is 396 g/mol. The van der Waals surface area contributed by atoms with Gasteiger partial charge in [0, 0.05) is 51.1 Å². The van der Waals surface area contributed by atoms with E-state index in [1.165, 1.54) is 11.1 Å². The quantitative estimate of drug-likeness (QED) is 0.501. The Morgan fingerprint density at radius 2 is 1.66 bits per heavy atom. The van der Waals surface area contributed by atoms with Crippen LogP contribution in [0, 0.1) is 13.8 Å². The molecule has 0 unspecified atom stereocenters. The molecule has 1 heterocycles. The van der Waals surface area contributed by atoms with E-state index < -0.39 is 0 Å². The number of nitrogens with zero attached hydrogens (tertiary/aromatic N) is 4. The van der Waals surface area contributed by atoms with E-state index in [1.807, 2.05) is 38.0 Å². The zero-order valence-electron chi connectivity index (χ0n) is 20.4. The second-order valence-electron chi connectivity index (χ2n) is 9.12. The number of pyridine rings is 1. The van der Waals surface area contributed by atoms with Crippen LogP contribution >= 0.6 is 0 Å². The lowest BCUT2D eigenvalue weighted by Gasteiger charge is -2.27. The van der Waals surface area contributed by atoms with Crippen LogP contribution in [0.15, 0.2) is 48.5 Å². The molecule has 0 spiro atoms. The third-order valence-corrected chi connectivity index (χ3v) is 5.81. The molecule has 0 atom stereocenters. The van der Waals surface area contributed by atoms with Gasteiger partial charge < -0.3 is 14.7 Å². The fraction of sp³-hybridized carbons (Fsp3) is 0.407. The maximum absolute atomic E-state index is 13.3. The molecule has 0 N–H and O–H groups in total. The minimum atomic E-state index is 0.182. The van der Waals surface area contributed by atoms with Crippen LogP contribution in [-0.2, 0) is 17.8 Å². The minimum Gasteiger partial charge on any atom is -0.362 e. The predicted molar refractivity (Wildman–Crippen MR) is 134 cm³/mol. The molecular formula is C27H36N4O. The normalized spacial score (nSPS) is 11.2. The topological polar surface area (TPSA) is 39.7 Å². The molecule has 5 heteroatoms. The number of carbonyl (C=O) groups is 1. The third kappa shape index (κ3) is 6.07. The Balaban J connectivity index is 1.85. The highest BCUT2D eigenvalue weighted by Crippen LogP contribution is 2.26. The Bertz CT molecular complexity index is 1060. The summed E-state index contributed by atoms with van der Waals surface area (Å²) >= 11 is 0. The largest absolute Gasteiger partial charge is 0.362 e. The van der Waals surface area contributed by atoms with Crippen molar-refractivity contribution in [2.45, 2.75) is 33.2 Å². The number of para-hydroxylation sites is 1. The van der Waals surface area contributed by atoms with Gasteiger partial charge >= 0.3 is 0 Å². The van der Waals surface area contributed by atoms with Gasteiger partial charge in [-0.3, -0.25) is 4.79 Å². The van der Waals surface area contributed by atoms with Gasteiger partial charge in [-0.25, -0.2) is 4.98 Å². The van der Waals surface area contributed by atoms with Gasteiger partial charge in [0.05, 0.1) is 5.52 Å². The molecule has 0 saturated heterocycles. The van der Waals surface area contributed by atoms with Gasteiger partial charge in [0.1, 0.15) is 5.82 Å². The van der Waals surface area contributed by atoms with E-state index in [0.29, 0.717) is 19.5 Å². The van der Waals surface area contributed by atoms with Gasteiger partial charge in [-0.1, -0.05) is 48.0 Å². The van der Waals surface area contributed by atoms with Crippen molar-refractivity contribution < 1.29 is 4.79 Å². The first kappa shape index (κ1) is 23.7. The number of rotatable bonds is 9. The number of hydrogen-bond acceptors (Lipinski definition) is 4. The molecule has 2 aromatic carbocycles. The first-order valence-corrected chi connectivity index (χ1v) is 11.3. The van der Waals surface area contributed by atoms with Crippen molar-refractivity contribution in [2.24, 2.45) is 0 Å². The third-order valence-electron chi connectivity index (χ3n) is 5.81. The second kappa shape index (κ2) is 10.6. The smallest absolute Gasteiger partial charge is 0.223 e. The van der Waals surface area contributed by atoms with Crippen molar-refractivity contribution in [3.63, 3.8) is 0 Å². The number of hydrogen-bond donors (Lipinski definition) is 0. The van der Waals surface area contributed by atoms with E-state index in [4.69, 9.17) is 4.98 Å². The second-order valence-corrected chi connectivity index (χ2v) is 9.12. The Hall–Kier alpha value is -2.92. The Morgan fingerprint density at radius 3 is 2.31 bits per heavy atom. The van der Waals surface area contributed by atoms with Crippen LogP contribution in [0.3, 0.4) is 0 Å². The molecule has 5 nitrogen and oxygen atoms in total. The fourth-order valence-electron chi connectivity index (χ4n) is 3.87. The molecule has 0 radical (unpaired) electrons. The number of carbonyl (C=O) groups excluding carboxylic acids is 1. The summed E-state index contributed by atoms with van der Waals surface area (Å²) in [5.74, 6) is 1.11. The van der Waals surface area contributed by atoms with Gasteiger partial charge in [-0.15, -0.1) is 0 Å². The molecule has 3 aromatic rings. The molecule has 0 aliphatic heterocycles. The molecule has 0 bridgehead atoms. The van der Waals surface area contributed by atoms with Crippen LogP contribution in [0.5, 0.6) is 0 Å². The van der Waals surface area contributed by atoms with E-state index in [9.17, 15) is 4.79 Å². The molecule has 0 aliphatic rings. The van der Waals surface area contributed by atoms with Gasteiger partial charge in [0.15, 0.2) is 0 Å². The molecule has 0 fully saturated rings. The first-order chi connectivity index (χ1) is 15.2. The van der Waals surface area contributed by atoms with E-state index in [1.54, 1.807) is 0 Å². The number of likely N-dealkylation sites (N-methyl/N-ethyl adjacent to an activating group) is 1. The highest BCUT2D eigenvalue weighted by molar-refractivity contribution is 5.85. The maximum atomic E-state index is 13.3. The predicted octanol–water partition coefficient (Wildman–Crippen LogP) is 4.44. The van der Waals surface area contributed by atoms with Crippen LogP contribution in [0.4, 0.5) is 5.82 Å². The van der Waals surface area contributed by atoms with Gasteiger partial charge in [-0.05, 0) is 51.6 Å². The lowest BCUT2D eigenvalue weighted by Crippen LogP contribution is -2.36. The Labute approximate surface area is 192 Å². The summed E-state index contributed by atoms with van der Waals surface area (Å²) in [5.41, 5.74) is 5.70.